The molecule has 0 radical (unpaired) electrons. The Bertz CT molecular complexity index is 2410. The van der Waals surface area contributed by atoms with Crippen LogP contribution >= 0.6 is 0 Å². The van der Waals surface area contributed by atoms with Crippen molar-refractivity contribution >= 4 is 65.0 Å². The number of nitrogens with one attached hydrogen (secondary N) is 11. The fraction of sp³-hybridized carbons (Fsp3) is 0.721. The van der Waals surface area contributed by atoms with Crippen molar-refractivity contribution in [2.75, 3.05) is 33.3 Å². The van der Waals surface area contributed by atoms with E-state index >= 15 is 0 Å². The molecule has 27 heteroatoms. The number of rotatable bonds is 37. The van der Waals surface area contributed by atoms with Crippen molar-refractivity contribution in [3.05, 3.63) is 35.9 Å². The third kappa shape index (κ3) is 25.0. The normalized spacial score (nSPS) is 21.2. The van der Waals surface area contributed by atoms with E-state index in [0.717, 1.165) is 5.56 Å². The molecule has 27 nitrogen and oxygen atoms in total. The van der Waals surface area contributed by atoms with E-state index in [-0.39, 0.29) is 38.9 Å². The average Bonchev–Trinajstić information content (AvgIpc) is 3.30. The Hall–Kier alpha value is -6.81. The number of carbonyl (C=O) groups is 11. The van der Waals surface area contributed by atoms with Gasteiger partial charge in [0.1, 0.15) is 66.5 Å². The summed E-state index contributed by atoms with van der Waals surface area (Å²) in [7, 11) is 1.63. The minimum Gasteiger partial charge on any atom is -0.458 e. The van der Waals surface area contributed by atoms with Crippen molar-refractivity contribution in [1.29, 1.82) is 0 Å². The molecule has 10 amide bonds. The third-order valence-corrected chi connectivity index (χ3v) is 16.5. The van der Waals surface area contributed by atoms with E-state index in [4.69, 9.17) is 21.9 Å². The second kappa shape index (κ2) is 40.7. The quantitative estimate of drug-likeness (QED) is 0.0275. The van der Waals surface area contributed by atoms with Crippen LogP contribution in [0.4, 0.5) is 0 Å². The van der Waals surface area contributed by atoms with Crippen molar-refractivity contribution in [2.24, 2.45) is 40.9 Å². The first-order chi connectivity index (χ1) is 41.8. The molecule has 0 saturated carbocycles. The second-order valence-electron chi connectivity index (χ2n) is 23.3. The van der Waals surface area contributed by atoms with Crippen LogP contribution in [0.5, 0.6) is 0 Å². The van der Waals surface area contributed by atoms with Gasteiger partial charge in [-0.15, -0.1) is 0 Å². The molecule has 16 atom stereocenters. The molecule has 0 bridgehead atoms. The zero-order chi connectivity index (χ0) is 66.2. The van der Waals surface area contributed by atoms with Gasteiger partial charge in [-0.1, -0.05) is 111 Å². The van der Waals surface area contributed by atoms with Gasteiger partial charge in [-0.25, -0.2) is 4.79 Å². The van der Waals surface area contributed by atoms with Crippen LogP contribution in [0.15, 0.2) is 30.3 Å². The molecule has 0 aliphatic carbocycles. The first kappa shape index (κ1) is 77.3. The Morgan fingerprint density at radius 1 is 0.545 bits per heavy atom. The predicted octanol–water partition coefficient (Wildman–Crippen LogP) is -1.20. The van der Waals surface area contributed by atoms with Crippen LogP contribution in [0.25, 0.3) is 0 Å². The van der Waals surface area contributed by atoms with Crippen LogP contribution in [0, 0.1) is 23.7 Å². The van der Waals surface area contributed by atoms with E-state index in [9.17, 15) is 57.8 Å². The summed E-state index contributed by atoms with van der Waals surface area (Å²) >= 11 is 0. The molecule has 1 aromatic carbocycles. The van der Waals surface area contributed by atoms with Gasteiger partial charge in [0.25, 0.3) is 0 Å². The van der Waals surface area contributed by atoms with Gasteiger partial charge in [0, 0.05) is 0 Å². The van der Waals surface area contributed by atoms with Crippen molar-refractivity contribution < 1.29 is 62.6 Å². The Kier molecular flexibility index (Phi) is 35.7. The van der Waals surface area contributed by atoms with Crippen LogP contribution in [-0.4, -0.2) is 176 Å². The smallest absolute Gasteiger partial charge is 0.329 e. The largest absolute Gasteiger partial charge is 0.458 e. The van der Waals surface area contributed by atoms with Gasteiger partial charge in [0.05, 0.1) is 12.6 Å². The van der Waals surface area contributed by atoms with E-state index in [0.29, 0.717) is 64.2 Å². The lowest BCUT2D eigenvalue weighted by atomic mass is 9.94. The third-order valence-electron chi connectivity index (χ3n) is 16.5. The lowest BCUT2D eigenvalue weighted by molar-refractivity contribution is -0.157. The van der Waals surface area contributed by atoms with Crippen molar-refractivity contribution in [3.8, 4) is 0 Å². The summed E-state index contributed by atoms with van der Waals surface area (Å²) in [5, 5.41) is 40.3. The Balaban J connectivity index is 2.47. The van der Waals surface area contributed by atoms with Crippen LogP contribution in [0.3, 0.4) is 0 Å². The fourth-order valence-electron chi connectivity index (χ4n) is 9.70. The van der Waals surface area contributed by atoms with Crippen LogP contribution in [0.2, 0.25) is 0 Å². The maximum atomic E-state index is 14.6. The number of unbranched alkanes of at least 4 members (excludes halogenated alkanes) is 2. The number of hydrogen-bond acceptors (Lipinski definition) is 17. The van der Waals surface area contributed by atoms with Crippen LogP contribution in [-0.2, 0) is 63.9 Å². The van der Waals surface area contributed by atoms with Crippen molar-refractivity contribution in [3.63, 3.8) is 0 Å². The Morgan fingerprint density at radius 3 is 1.48 bits per heavy atom. The molecule has 1 heterocycles. The molecule has 0 aromatic heterocycles. The molecule has 88 heavy (non-hydrogen) atoms. The van der Waals surface area contributed by atoms with E-state index in [1.807, 2.05) is 37.3 Å². The molecule has 498 valence electrons. The number of ether oxygens (including phenoxy) is 1. The summed E-state index contributed by atoms with van der Waals surface area (Å²) < 4.78 is 5.81. The molecule has 0 spiro atoms. The highest BCUT2D eigenvalue weighted by Gasteiger charge is 2.41. The molecule has 1 aromatic rings. The average molecular weight is 1240 g/mol. The summed E-state index contributed by atoms with van der Waals surface area (Å²) in [4.78, 5) is 155. The summed E-state index contributed by atoms with van der Waals surface area (Å²) in [6.07, 6.45) is 2.58. The van der Waals surface area contributed by atoms with Crippen molar-refractivity contribution in [2.45, 2.75) is 225 Å². The minimum absolute atomic E-state index is 0.00546. The SMILES string of the molecule is CC[C@H](C)[C@H](NC(=O)[C@@H](Cc1ccccc1)NC)C(=O)N[C@@H](CO)C(=O)N[C@H](CCCCN)C(=O)N[C@@H](C(=O)N[C@H](C(=O)N[C@@H](CCCCN)C(=O)N[C@H]1C(=O)N[C@@H](C)C(=O)N[C@@H](CCCN)C(=O)N[C@@H]([C@@H](C)CC)C(=O)O[C@H]1C)[C@@H](C)CC)[C@@H](C)CC. The standard InChI is InChI=1S/C61H106N14O13/c1-12-34(5)46(72-55(81)44(65-11)32-40-24-17-16-18-25-40)58(84)70-45(33-76)56(82)68-41(26-19-21-29-62)52(78)71-48(36(7)14-3)59(85)73-47(35(6)13-2)57(83)69-42(27-20-22-30-63)54(80)75-50-39(10)88-61(87)49(37(8)15-4)74-53(79)43(28-23-31-64)67-51(77)38(9)66-60(50)86/h16-18,24-25,34-39,41-50,65,76H,12-15,19-23,26-33,62-64H2,1-11H3,(H,66,86)(H,67,77)(H,68,82)(H,69,83)(H,70,84)(H,71,78)(H,72,81)(H,73,85)(H,74,79)(H,75,80)/t34-,35-,36-,37-,38-,39-,41+,42-,43-,44+,45-,46-,47-,48+,49-,50+/m0/s1. The molecule has 2 rings (SSSR count). The topological polar surface area (TPSA) is 428 Å². The number of benzene rings is 1. The number of aliphatic hydroxyl groups is 1. The summed E-state index contributed by atoms with van der Waals surface area (Å²) in [6, 6.07) is -4.59. The van der Waals surface area contributed by atoms with Gasteiger partial charge in [-0.3, -0.25) is 47.9 Å². The molecule has 18 N–H and O–H groups in total. The predicted molar refractivity (Wildman–Crippen MR) is 333 cm³/mol. The molecule has 0 unspecified atom stereocenters. The summed E-state index contributed by atoms with van der Waals surface area (Å²) in [5.41, 5.74) is 18.2. The Morgan fingerprint density at radius 2 is 1.00 bits per heavy atom. The number of aliphatic hydroxyl groups excluding tert-OH is 1. The van der Waals surface area contributed by atoms with Gasteiger partial charge in [0.2, 0.25) is 59.1 Å². The fourth-order valence-corrected chi connectivity index (χ4v) is 9.70. The van der Waals surface area contributed by atoms with Gasteiger partial charge in [0.15, 0.2) is 0 Å². The summed E-state index contributed by atoms with van der Waals surface area (Å²) in [6.45, 7) is 16.7. The molecule has 1 fully saturated rings. The Labute approximate surface area is 519 Å². The second-order valence-corrected chi connectivity index (χ2v) is 23.3. The highest BCUT2D eigenvalue weighted by molar-refractivity contribution is 5.99. The number of cyclic esters (lactones) is 1. The maximum Gasteiger partial charge on any atom is 0.329 e. The van der Waals surface area contributed by atoms with Gasteiger partial charge >= 0.3 is 5.97 Å². The number of hydrogen-bond donors (Lipinski definition) is 15. The van der Waals surface area contributed by atoms with E-state index < -0.39 is 168 Å². The maximum absolute atomic E-state index is 14.6. The highest BCUT2D eigenvalue weighted by Crippen LogP contribution is 2.18. The van der Waals surface area contributed by atoms with Gasteiger partial charge in [-0.05, 0) is 128 Å². The zero-order valence-electron chi connectivity index (χ0n) is 53.7. The molecule has 1 aliphatic rings. The van der Waals surface area contributed by atoms with Gasteiger partial charge in [-0.2, -0.15) is 0 Å². The van der Waals surface area contributed by atoms with E-state index in [1.54, 1.807) is 55.5 Å². The van der Waals surface area contributed by atoms with E-state index in [1.165, 1.54) is 13.8 Å². The lowest BCUT2D eigenvalue weighted by Gasteiger charge is -2.32. The first-order valence-electron chi connectivity index (χ1n) is 31.5. The number of carbonyl (C=O) groups excluding carboxylic acids is 11. The number of likely N-dealkylation sites (N-methyl/N-ethyl adjacent to an activating group) is 1. The molecular formula is C61H106N14O13. The minimum atomic E-state index is -1.65. The van der Waals surface area contributed by atoms with Crippen LogP contribution in [0.1, 0.15) is 152 Å². The van der Waals surface area contributed by atoms with Crippen LogP contribution < -0.4 is 75.7 Å². The lowest BCUT2D eigenvalue weighted by Crippen LogP contribution is -2.63. The number of nitrogens with two attached hydrogens (primary N) is 3. The first-order valence-corrected chi connectivity index (χ1v) is 31.5. The van der Waals surface area contributed by atoms with Gasteiger partial charge < -0.3 is 85.5 Å². The summed E-state index contributed by atoms with van der Waals surface area (Å²) in [5.74, 6) is -10.6. The number of amides is 10. The molecular weight excluding hydrogens is 1140 g/mol. The monoisotopic (exact) mass is 1240 g/mol. The van der Waals surface area contributed by atoms with Crippen molar-refractivity contribution in [1.82, 2.24) is 58.5 Å². The molecule has 1 saturated heterocycles. The highest BCUT2D eigenvalue weighted by atomic mass is 16.5. The number of esters is 1. The molecule has 1 aliphatic heterocycles. The van der Waals surface area contributed by atoms with E-state index in [2.05, 4.69) is 58.5 Å². The zero-order valence-corrected chi connectivity index (χ0v) is 53.7.